The molecule has 1 saturated heterocycles. The lowest BCUT2D eigenvalue weighted by Crippen LogP contribution is -2.29. The minimum Gasteiger partial charge on any atom is -0.342 e. The quantitative estimate of drug-likeness (QED) is 0.400. The summed E-state index contributed by atoms with van der Waals surface area (Å²) in [6.45, 7) is 8.18. The van der Waals surface area contributed by atoms with Crippen molar-refractivity contribution in [2.45, 2.75) is 27.2 Å². The van der Waals surface area contributed by atoms with Gasteiger partial charge in [0.05, 0.1) is 0 Å². The van der Waals surface area contributed by atoms with Crippen LogP contribution in [0, 0.1) is 11.3 Å². The number of azide groups is 1. The molecule has 84 valence electrons. The molecule has 0 bridgehead atoms. The highest BCUT2D eigenvalue weighted by molar-refractivity contribution is 5.78. The molecule has 0 aromatic rings. The Morgan fingerprint density at radius 1 is 1.60 bits per heavy atom. The predicted octanol–water partition coefficient (Wildman–Crippen LogP) is 2.19. The Bertz CT molecular complexity index is 288. The summed E-state index contributed by atoms with van der Waals surface area (Å²) >= 11 is 0. The maximum Gasteiger partial charge on any atom is 0.222 e. The average Bonchev–Trinajstić information content (AvgIpc) is 2.48. The highest BCUT2D eigenvalue weighted by atomic mass is 16.2. The molecule has 5 heteroatoms. The van der Waals surface area contributed by atoms with Crippen molar-refractivity contribution >= 4 is 5.91 Å². The molecule has 1 amide bonds. The van der Waals surface area contributed by atoms with Gasteiger partial charge >= 0.3 is 0 Å². The normalized spacial score (nSPS) is 21.7. The third kappa shape index (κ3) is 3.13. The van der Waals surface area contributed by atoms with E-state index in [0.717, 1.165) is 6.54 Å². The van der Waals surface area contributed by atoms with Gasteiger partial charge in [0, 0.05) is 31.0 Å². The number of rotatable bonds is 3. The van der Waals surface area contributed by atoms with Crippen LogP contribution in [0.2, 0.25) is 0 Å². The van der Waals surface area contributed by atoms with Gasteiger partial charge < -0.3 is 4.90 Å². The van der Waals surface area contributed by atoms with Gasteiger partial charge in [0.25, 0.3) is 0 Å². The lowest BCUT2D eigenvalue weighted by Gasteiger charge is -2.26. The third-order valence-corrected chi connectivity index (χ3v) is 2.97. The Morgan fingerprint density at radius 3 is 2.73 bits per heavy atom. The van der Waals surface area contributed by atoms with Gasteiger partial charge in [-0.2, -0.15) is 0 Å². The molecular weight excluding hydrogens is 192 g/mol. The Balaban J connectivity index is 2.49. The van der Waals surface area contributed by atoms with E-state index in [1.165, 1.54) is 0 Å². The van der Waals surface area contributed by atoms with Crippen molar-refractivity contribution in [2.24, 2.45) is 16.4 Å². The zero-order valence-corrected chi connectivity index (χ0v) is 9.60. The molecule has 0 radical (unpaired) electrons. The van der Waals surface area contributed by atoms with Gasteiger partial charge in [0.15, 0.2) is 0 Å². The molecule has 0 aromatic carbocycles. The average molecular weight is 210 g/mol. The van der Waals surface area contributed by atoms with Crippen LogP contribution in [0.3, 0.4) is 0 Å². The molecule has 1 aliphatic heterocycles. The molecule has 1 heterocycles. The number of carbonyl (C=O) groups is 1. The molecule has 15 heavy (non-hydrogen) atoms. The lowest BCUT2D eigenvalue weighted by molar-refractivity contribution is -0.127. The Hall–Kier alpha value is -1.22. The van der Waals surface area contributed by atoms with E-state index in [1.54, 1.807) is 4.90 Å². The van der Waals surface area contributed by atoms with Crippen LogP contribution in [0.25, 0.3) is 10.4 Å². The molecular formula is C10H18N4O. The van der Waals surface area contributed by atoms with E-state index in [1.807, 2.05) is 0 Å². The van der Waals surface area contributed by atoms with Crippen LogP contribution < -0.4 is 0 Å². The summed E-state index contributed by atoms with van der Waals surface area (Å²) in [7, 11) is 0. The fourth-order valence-corrected chi connectivity index (χ4v) is 1.78. The number of hydrogen-bond donors (Lipinski definition) is 0. The smallest absolute Gasteiger partial charge is 0.222 e. The second kappa shape index (κ2) is 4.53. The second-order valence-electron chi connectivity index (χ2n) is 5.06. The van der Waals surface area contributed by atoms with E-state index in [0.29, 0.717) is 25.4 Å². The van der Waals surface area contributed by atoms with Crippen molar-refractivity contribution in [1.82, 2.24) is 4.90 Å². The molecule has 1 fully saturated rings. The molecule has 0 N–H and O–H groups in total. The van der Waals surface area contributed by atoms with E-state index >= 15 is 0 Å². The van der Waals surface area contributed by atoms with E-state index in [9.17, 15) is 4.79 Å². The topological polar surface area (TPSA) is 69.1 Å². The van der Waals surface area contributed by atoms with Crippen molar-refractivity contribution in [3.63, 3.8) is 0 Å². The van der Waals surface area contributed by atoms with Crippen molar-refractivity contribution in [3.8, 4) is 0 Å². The van der Waals surface area contributed by atoms with Gasteiger partial charge in [-0.05, 0) is 16.9 Å². The van der Waals surface area contributed by atoms with Gasteiger partial charge in [-0.25, -0.2) is 0 Å². The molecule has 1 unspecified atom stereocenters. The van der Waals surface area contributed by atoms with Crippen LogP contribution in [-0.2, 0) is 4.79 Å². The van der Waals surface area contributed by atoms with Crippen LogP contribution in [0.15, 0.2) is 5.11 Å². The number of carbonyl (C=O) groups excluding carboxylic acids is 1. The first-order valence-corrected chi connectivity index (χ1v) is 5.24. The molecule has 1 atom stereocenters. The van der Waals surface area contributed by atoms with Crippen LogP contribution in [0.5, 0.6) is 0 Å². The van der Waals surface area contributed by atoms with Crippen molar-refractivity contribution < 1.29 is 4.79 Å². The molecule has 1 aliphatic rings. The summed E-state index contributed by atoms with van der Waals surface area (Å²) in [6.07, 6.45) is 0.625. The Morgan fingerprint density at radius 2 is 2.27 bits per heavy atom. The predicted molar refractivity (Wildman–Crippen MR) is 58.2 cm³/mol. The first-order valence-electron chi connectivity index (χ1n) is 5.24. The van der Waals surface area contributed by atoms with E-state index < -0.39 is 0 Å². The molecule has 0 aromatic heterocycles. The highest BCUT2D eigenvalue weighted by Crippen LogP contribution is 2.33. The molecule has 5 nitrogen and oxygen atoms in total. The van der Waals surface area contributed by atoms with Crippen LogP contribution >= 0.6 is 0 Å². The summed E-state index contributed by atoms with van der Waals surface area (Å²) in [4.78, 5) is 16.1. The highest BCUT2D eigenvalue weighted by Gasteiger charge is 2.36. The summed E-state index contributed by atoms with van der Waals surface area (Å²) in [5.74, 6) is 0.596. The summed E-state index contributed by atoms with van der Waals surface area (Å²) in [5.41, 5.74) is 8.31. The molecule has 0 saturated carbocycles. The maximum atomic E-state index is 11.6. The largest absolute Gasteiger partial charge is 0.342 e. The first-order chi connectivity index (χ1) is 6.95. The minimum atomic E-state index is 0.170. The van der Waals surface area contributed by atoms with Gasteiger partial charge in [-0.15, -0.1) is 0 Å². The number of nitrogens with zero attached hydrogens (tertiary/aromatic N) is 4. The summed E-state index contributed by atoms with van der Waals surface area (Å²) in [5, 5.41) is 3.44. The molecule has 0 spiro atoms. The first kappa shape index (κ1) is 11.9. The van der Waals surface area contributed by atoms with E-state index in [2.05, 4.69) is 30.8 Å². The van der Waals surface area contributed by atoms with Crippen LogP contribution in [0.4, 0.5) is 0 Å². The van der Waals surface area contributed by atoms with Crippen molar-refractivity contribution in [3.05, 3.63) is 10.4 Å². The van der Waals surface area contributed by atoms with Gasteiger partial charge in [0.2, 0.25) is 5.91 Å². The van der Waals surface area contributed by atoms with Gasteiger partial charge in [-0.3, -0.25) is 4.79 Å². The SMILES string of the molecule is CC(C)(C)C1CC(=O)N(CCN=[N+]=[N-])C1. The Labute approximate surface area is 90.1 Å². The molecule has 0 aliphatic carbocycles. The zero-order valence-electron chi connectivity index (χ0n) is 9.60. The summed E-state index contributed by atoms with van der Waals surface area (Å²) in [6, 6.07) is 0. The Kier molecular flexibility index (Phi) is 3.58. The standard InChI is InChI=1S/C10H18N4O/c1-10(2,3)8-6-9(15)14(7-8)5-4-12-13-11/h8H,4-7H2,1-3H3. The third-order valence-electron chi connectivity index (χ3n) is 2.97. The maximum absolute atomic E-state index is 11.6. The number of likely N-dealkylation sites (tertiary alicyclic amines) is 1. The van der Waals surface area contributed by atoms with Crippen molar-refractivity contribution in [2.75, 3.05) is 19.6 Å². The molecule has 1 rings (SSSR count). The monoisotopic (exact) mass is 210 g/mol. The number of amides is 1. The van der Waals surface area contributed by atoms with Crippen LogP contribution in [-0.4, -0.2) is 30.4 Å². The van der Waals surface area contributed by atoms with Crippen molar-refractivity contribution in [1.29, 1.82) is 0 Å². The minimum absolute atomic E-state index is 0.170. The van der Waals surface area contributed by atoms with E-state index in [-0.39, 0.29) is 11.3 Å². The van der Waals surface area contributed by atoms with Crippen LogP contribution in [0.1, 0.15) is 27.2 Å². The lowest BCUT2D eigenvalue weighted by atomic mass is 9.80. The number of hydrogen-bond acceptors (Lipinski definition) is 2. The fourth-order valence-electron chi connectivity index (χ4n) is 1.78. The van der Waals surface area contributed by atoms with Gasteiger partial charge in [0.1, 0.15) is 0 Å². The fraction of sp³-hybridized carbons (Fsp3) is 0.900. The second-order valence-corrected chi connectivity index (χ2v) is 5.06. The van der Waals surface area contributed by atoms with Gasteiger partial charge in [-0.1, -0.05) is 25.9 Å². The van der Waals surface area contributed by atoms with E-state index in [4.69, 9.17) is 5.53 Å². The summed E-state index contributed by atoms with van der Waals surface area (Å²) < 4.78 is 0. The zero-order chi connectivity index (χ0) is 11.5.